The van der Waals surface area contributed by atoms with Gasteiger partial charge in [0.1, 0.15) is 6.61 Å². The maximum absolute atomic E-state index is 6.04. The summed E-state index contributed by atoms with van der Waals surface area (Å²) in [6.07, 6.45) is 3.57. The van der Waals surface area contributed by atoms with Crippen molar-refractivity contribution in [3.8, 4) is 5.88 Å². The molecule has 1 aliphatic rings. The summed E-state index contributed by atoms with van der Waals surface area (Å²) in [6, 6.07) is 11.8. The number of nitrogens with zero attached hydrogens (tertiary/aromatic N) is 5. The number of fused-ring (bicyclic) bond motifs is 1. The predicted octanol–water partition coefficient (Wildman–Crippen LogP) is 2.36. The molecule has 4 rings (SSSR count). The van der Waals surface area contributed by atoms with Crippen molar-refractivity contribution in [3.05, 3.63) is 54.4 Å². The molecule has 0 atom stereocenters. The van der Waals surface area contributed by atoms with Gasteiger partial charge in [0, 0.05) is 44.1 Å². The highest BCUT2D eigenvalue weighted by Crippen LogP contribution is 2.28. The molecule has 0 unspecified atom stereocenters. The van der Waals surface area contributed by atoms with E-state index in [9.17, 15) is 0 Å². The number of aromatic nitrogens is 3. The van der Waals surface area contributed by atoms with Crippen molar-refractivity contribution in [1.82, 2.24) is 19.9 Å². The molecule has 3 aromatic rings. The third kappa shape index (κ3) is 3.53. The SMILES string of the molecule is CN1CCN(c2nc3ccccc3nc2OCc2cccnc2)CC1. The highest BCUT2D eigenvalue weighted by Gasteiger charge is 2.21. The zero-order valence-corrected chi connectivity index (χ0v) is 14.3. The Hall–Kier alpha value is -2.73. The molecule has 0 radical (unpaired) electrons. The smallest absolute Gasteiger partial charge is 0.258 e. The second-order valence-corrected chi connectivity index (χ2v) is 6.28. The first-order chi connectivity index (χ1) is 12.3. The highest BCUT2D eigenvalue weighted by molar-refractivity contribution is 5.77. The minimum Gasteiger partial charge on any atom is -0.470 e. The summed E-state index contributed by atoms with van der Waals surface area (Å²) in [5, 5.41) is 0. The lowest BCUT2D eigenvalue weighted by Crippen LogP contribution is -2.45. The number of rotatable bonds is 4. The Labute approximate surface area is 147 Å². The normalized spacial score (nSPS) is 15.5. The summed E-state index contributed by atoms with van der Waals surface area (Å²) in [6.45, 7) is 4.30. The van der Waals surface area contributed by atoms with Gasteiger partial charge in [-0.3, -0.25) is 4.98 Å². The van der Waals surface area contributed by atoms with Crippen molar-refractivity contribution in [2.45, 2.75) is 6.61 Å². The van der Waals surface area contributed by atoms with Crippen LogP contribution in [-0.2, 0) is 6.61 Å². The average molecular weight is 335 g/mol. The Kier molecular flexibility index (Phi) is 4.43. The van der Waals surface area contributed by atoms with E-state index in [1.807, 2.05) is 42.6 Å². The molecule has 0 amide bonds. The van der Waals surface area contributed by atoms with Crippen LogP contribution < -0.4 is 9.64 Å². The summed E-state index contributed by atoms with van der Waals surface area (Å²) in [5.41, 5.74) is 2.76. The lowest BCUT2D eigenvalue weighted by Gasteiger charge is -2.33. The molecule has 25 heavy (non-hydrogen) atoms. The van der Waals surface area contributed by atoms with Crippen LogP contribution in [0.3, 0.4) is 0 Å². The molecule has 0 saturated carbocycles. The molecular formula is C19H21N5O. The Morgan fingerprint density at radius 3 is 2.44 bits per heavy atom. The van der Waals surface area contributed by atoms with Crippen molar-refractivity contribution in [1.29, 1.82) is 0 Å². The van der Waals surface area contributed by atoms with Gasteiger partial charge in [-0.05, 0) is 25.2 Å². The lowest BCUT2D eigenvalue weighted by atomic mass is 10.3. The van der Waals surface area contributed by atoms with E-state index in [-0.39, 0.29) is 0 Å². The molecule has 0 aliphatic carbocycles. The molecule has 0 N–H and O–H groups in total. The first kappa shape index (κ1) is 15.8. The quantitative estimate of drug-likeness (QED) is 0.729. The van der Waals surface area contributed by atoms with Crippen LogP contribution in [0.4, 0.5) is 5.82 Å². The fourth-order valence-corrected chi connectivity index (χ4v) is 2.93. The van der Waals surface area contributed by atoms with Crippen LogP contribution in [0.5, 0.6) is 5.88 Å². The van der Waals surface area contributed by atoms with Crippen molar-refractivity contribution < 1.29 is 4.74 Å². The number of benzene rings is 1. The van der Waals surface area contributed by atoms with Crippen LogP contribution in [-0.4, -0.2) is 53.1 Å². The van der Waals surface area contributed by atoms with Crippen molar-refractivity contribution in [3.63, 3.8) is 0 Å². The van der Waals surface area contributed by atoms with Crippen LogP contribution >= 0.6 is 0 Å². The van der Waals surface area contributed by atoms with E-state index in [0.717, 1.165) is 48.6 Å². The zero-order chi connectivity index (χ0) is 17.1. The Balaban J connectivity index is 1.66. The Morgan fingerprint density at radius 2 is 1.72 bits per heavy atom. The third-order valence-corrected chi connectivity index (χ3v) is 4.42. The molecule has 128 valence electrons. The fourth-order valence-electron chi connectivity index (χ4n) is 2.93. The third-order valence-electron chi connectivity index (χ3n) is 4.42. The second-order valence-electron chi connectivity index (χ2n) is 6.28. The molecule has 2 aromatic heterocycles. The van der Waals surface area contributed by atoms with Crippen LogP contribution in [0.2, 0.25) is 0 Å². The second kappa shape index (κ2) is 7.03. The molecule has 3 heterocycles. The average Bonchev–Trinajstić information content (AvgIpc) is 2.67. The van der Waals surface area contributed by atoms with Gasteiger partial charge in [-0.15, -0.1) is 0 Å². The minimum atomic E-state index is 0.432. The summed E-state index contributed by atoms with van der Waals surface area (Å²) >= 11 is 0. The largest absolute Gasteiger partial charge is 0.470 e. The summed E-state index contributed by atoms with van der Waals surface area (Å²) in [7, 11) is 2.14. The topological polar surface area (TPSA) is 54.4 Å². The molecule has 1 aliphatic heterocycles. The van der Waals surface area contributed by atoms with Gasteiger partial charge < -0.3 is 14.5 Å². The predicted molar refractivity (Wildman–Crippen MR) is 97.8 cm³/mol. The van der Waals surface area contributed by atoms with E-state index in [1.165, 1.54) is 0 Å². The number of hydrogen-bond acceptors (Lipinski definition) is 6. The van der Waals surface area contributed by atoms with Gasteiger partial charge in [0.2, 0.25) is 0 Å². The Morgan fingerprint density at radius 1 is 0.960 bits per heavy atom. The van der Waals surface area contributed by atoms with Gasteiger partial charge in [0.25, 0.3) is 5.88 Å². The summed E-state index contributed by atoms with van der Waals surface area (Å²) in [4.78, 5) is 18.3. The molecule has 6 nitrogen and oxygen atoms in total. The molecular weight excluding hydrogens is 314 g/mol. The first-order valence-corrected chi connectivity index (χ1v) is 8.51. The maximum Gasteiger partial charge on any atom is 0.258 e. The number of ether oxygens (including phenoxy) is 1. The van der Waals surface area contributed by atoms with E-state index >= 15 is 0 Å². The number of pyridine rings is 1. The van der Waals surface area contributed by atoms with Gasteiger partial charge in [-0.2, -0.15) is 0 Å². The van der Waals surface area contributed by atoms with Crippen LogP contribution in [0.25, 0.3) is 11.0 Å². The molecule has 0 spiro atoms. The zero-order valence-electron chi connectivity index (χ0n) is 14.3. The first-order valence-electron chi connectivity index (χ1n) is 8.51. The van der Waals surface area contributed by atoms with Crippen molar-refractivity contribution in [2.75, 3.05) is 38.1 Å². The van der Waals surface area contributed by atoms with Gasteiger partial charge in [-0.25, -0.2) is 9.97 Å². The number of hydrogen-bond donors (Lipinski definition) is 0. The van der Waals surface area contributed by atoms with Gasteiger partial charge >= 0.3 is 0 Å². The van der Waals surface area contributed by atoms with Gasteiger partial charge in [0.15, 0.2) is 5.82 Å². The standard InChI is InChI=1S/C19H21N5O/c1-23-9-11-24(12-10-23)18-19(25-14-15-5-4-8-20-13-15)22-17-7-3-2-6-16(17)21-18/h2-8,13H,9-12,14H2,1H3. The lowest BCUT2D eigenvalue weighted by molar-refractivity contribution is 0.286. The Bertz CT molecular complexity index is 847. The van der Waals surface area contributed by atoms with Gasteiger partial charge in [0.05, 0.1) is 11.0 Å². The van der Waals surface area contributed by atoms with E-state index < -0.39 is 0 Å². The van der Waals surface area contributed by atoms with E-state index in [2.05, 4.69) is 21.8 Å². The van der Waals surface area contributed by atoms with Crippen LogP contribution in [0, 0.1) is 0 Å². The van der Waals surface area contributed by atoms with Crippen molar-refractivity contribution >= 4 is 16.9 Å². The van der Waals surface area contributed by atoms with Crippen molar-refractivity contribution in [2.24, 2.45) is 0 Å². The summed E-state index contributed by atoms with van der Waals surface area (Å²) < 4.78 is 6.04. The number of anilines is 1. The van der Waals surface area contributed by atoms with Crippen LogP contribution in [0.1, 0.15) is 5.56 Å². The van der Waals surface area contributed by atoms with Gasteiger partial charge in [-0.1, -0.05) is 18.2 Å². The van der Waals surface area contributed by atoms with E-state index in [1.54, 1.807) is 6.20 Å². The fraction of sp³-hybridized carbons (Fsp3) is 0.316. The molecule has 1 aromatic carbocycles. The number of piperazine rings is 1. The van der Waals surface area contributed by atoms with E-state index in [4.69, 9.17) is 14.7 Å². The molecule has 1 fully saturated rings. The minimum absolute atomic E-state index is 0.432. The molecule has 6 heteroatoms. The molecule has 0 bridgehead atoms. The summed E-state index contributed by atoms with van der Waals surface area (Å²) in [5.74, 6) is 1.42. The number of para-hydroxylation sites is 2. The number of likely N-dealkylation sites (N-methyl/N-ethyl adjacent to an activating group) is 1. The van der Waals surface area contributed by atoms with E-state index in [0.29, 0.717) is 12.5 Å². The monoisotopic (exact) mass is 335 g/mol. The molecule has 1 saturated heterocycles. The van der Waals surface area contributed by atoms with Crippen LogP contribution in [0.15, 0.2) is 48.8 Å². The maximum atomic E-state index is 6.04. The highest BCUT2D eigenvalue weighted by atomic mass is 16.5.